The lowest BCUT2D eigenvalue weighted by Gasteiger charge is -1.98. The first kappa shape index (κ1) is 7.29. The van der Waals surface area contributed by atoms with E-state index in [9.17, 15) is 0 Å². The highest BCUT2D eigenvalue weighted by Crippen LogP contribution is 2.12. The van der Waals surface area contributed by atoms with E-state index in [2.05, 4.69) is 23.5 Å². The summed E-state index contributed by atoms with van der Waals surface area (Å²) >= 11 is 0. The fourth-order valence-corrected chi connectivity index (χ4v) is 1.21. The smallest absolute Gasteiger partial charge is 0.0705 e. The highest BCUT2D eigenvalue weighted by molar-refractivity contribution is 5.78. The molecule has 0 aliphatic rings. The van der Waals surface area contributed by atoms with Gasteiger partial charge in [-0.15, -0.1) is 0 Å². The molecule has 0 saturated carbocycles. The van der Waals surface area contributed by atoms with Crippen LogP contribution < -0.4 is 0 Å². The van der Waals surface area contributed by atoms with Gasteiger partial charge >= 0.3 is 0 Å². The summed E-state index contributed by atoms with van der Waals surface area (Å²) in [6.07, 6.45) is 3.01. The molecule has 12 heavy (non-hydrogen) atoms. The molecule has 0 aliphatic carbocycles. The maximum Gasteiger partial charge on any atom is 0.0705 e. The van der Waals surface area contributed by atoms with Crippen LogP contribution >= 0.6 is 0 Å². The van der Waals surface area contributed by atoms with Crippen LogP contribution in [-0.2, 0) is 0 Å². The van der Waals surface area contributed by atoms with Gasteiger partial charge in [0.05, 0.1) is 5.52 Å². The summed E-state index contributed by atoms with van der Waals surface area (Å²) in [4.78, 5) is 4.38. The number of benzene rings is 1. The third kappa shape index (κ3) is 1.18. The molecule has 0 aliphatic heterocycles. The largest absolute Gasteiger partial charge is 0.252 e. The van der Waals surface area contributed by atoms with E-state index in [-0.39, 0.29) is 0 Å². The number of aromatic nitrogens is 1. The molecule has 0 atom stereocenters. The Morgan fingerprint density at radius 3 is 2.75 bits per heavy atom. The molecular formula is C11H9N. The van der Waals surface area contributed by atoms with E-state index >= 15 is 0 Å². The number of rotatable bonds is 1. The van der Waals surface area contributed by atoms with E-state index in [1.807, 2.05) is 31.2 Å². The Hall–Kier alpha value is -1.37. The topological polar surface area (TPSA) is 12.9 Å². The van der Waals surface area contributed by atoms with Gasteiger partial charge in [0.25, 0.3) is 0 Å². The van der Waals surface area contributed by atoms with Crippen molar-refractivity contribution in [1.82, 2.24) is 4.98 Å². The minimum absolute atomic E-state index is 0.911. The molecule has 0 bridgehead atoms. The van der Waals surface area contributed by atoms with Crippen molar-refractivity contribution in [2.75, 3.05) is 0 Å². The Balaban J connectivity index is 2.67. The van der Waals surface area contributed by atoms with Crippen molar-refractivity contribution < 1.29 is 0 Å². The van der Waals surface area contributed by atoms with Gasteiger partial charge in [0.15, 0.2) is 0 Å². The molecule has 58 valence electrons. The predicted molar refractivity (Wildman–Crippen MR) is 49.8 cm³/mol. The zero-order valence-corrected chi connectivity index (χ0v) is 6.91. The van der Waals surface area contributed by atoms with E-state index < -0.39 is 0 Å². The van der Waals surface area contributed by atoms with E-state index in [4.69, 9.17) is 0 Å². The summed E-state index contributed by atoms with van der Waals surface area (Å²) in [5.41, 5.74) is 1.94. The van der Waals surface area contributed by atoms with Gasteiger partial charge in [0.2, 0.25) is 0 Å². The van der Waals surface area contributed by atoms with Gasteiger partial charge in [-0.2, -0.15) is 0 Å². The Bertz CT molecular complexity index is 393. The molecule has 0 spiro atoms. The first-order valence-corrected chi connectivity index (χ1v) is 3.94. The molecule has 0 N–H and O–H groups in total. The average molecular weight is 155 g/mol. The third-order valence-corrected chi connectivity index (χ3v) is 1.85. The molecule has 0 saturated heterocycles. The Kier molecular flexibility index (Phi) is 1.78. The fraction of sp³-hybridized carbons (Fsp3) is 0.0909. The zero-order valence-electron chi connectivity index (χ0n) is 6.91. The Morgan fingerprint density at radius 1 is 1.08 bits per heavy atom. The van der Waals surface area contributed by atoms with Crippen molar-refractivity contribution in [3.63, 3.8) is 0 Å². The van der Waals surface area contributed by atoms with Crippen LogP contribution in [0.4, 0.5) is 0 Å². The molecular weight excluding hydrogens is 146 g/mol. The summed E-state index contributed by atoms with van der Waals surface area (Å²) in [6.45, 7) is 1.87. The van der Waals surface area contributed by atoms with Gasteiger partial charge in [0, 0.05) is 17.5 Å². The first-order valence-electron chi connectivity index (χ1n) is 3.94. The highest BCUT2D eigenvalue weighted by Gasteiger charge is 1.94. The summed E-state index contributed by atoms with van der Waals surface area (Å²) in [5, 5.41) is 1.18. The van der Waals surface area contributed by atoms with Crippen molar-refractivity contribution in [3.8, 4) is 0 Å². The van der Waals surface area contributed by atoms with Gasteiger partial charge in [-0.25, -0.2) is 0 Å². The van der Waals surface area contributed by atoms with Crippen molar-refractivity contribution in [2.45, 2.75) is 6.92 Å². The minimum Gasteiger partial charge on any atom is -0.252 e. The molecule has 1 heteroatoms. The molecule has 2 aromatic rings. The van der Waals surface area contributed by atoms with Crippen molar-refractivity contribution >= 4 is 10.9 Å². The quantitative estimate of drug-likeness (QED) is 0.617. The fourth-order valence-electron chi connectivity index (χ4n) is 1.21. The molecule has 1 aromatic carbocycles. The lowest BCUT2D eigenvalue weighted by molar-refractivity contribution is 1.25. The predicted octanol–water partition coefficient (Wildman–Crippen LogP) is 2.68. The van der Waals surface area contributed by atoms with Crippen LogP contribution in [0.1, 0.15) is 12.6 Å². The maximum absolute atomic E-state index is 4.38. The number of pyridine rings is 1. The van der Waals surface area contributed by atoms with Crippen LogP contribution in [0.25, 0.3) is 10.9 Å². The summed E-state index contributed by atoms with van der Waals surface area (Å²) in [7, 11) is 0. The molecule has 1 nitrogen and oxygen atoms in total. The van der Waals surface area contributed by atoms with Crippen LogP contribution in [0.5, 0.6) is 0 Å². The lowest BCUT2D eigenvalue weighted by atomic mass is 10.2. The van der Waals surface area contributed by atoms with E-state index in [0.29, 0.717) is 0 Å². The Labute approximate surface area is 72.1 Å². The number of hydrogen-bond donors (Lipinski definition) is 0. The van der Waals surface area contributed by atoms with Gasteiger partial charge in [0.1, 0.15) is 0 Å². The molecule has 1 aromatic heterocycles. The summed E-state index contributed by atoms with van der Waals surface area (Å²) in [6, 6.07) is 12.1. The molecule has 2 radical (unpaired) electrons. The number of hydrogen-bond acceptors (Lipinski definition) is 1. The van der Waals surface area contributed by atoms with Gasteiger partial charge in [-0.05, 0) is 12.1 Å². The van der Waals surface area contributed by atoms with Gasteiger partial charge in [-0.3, -0.25) is 4.98 Å². The van der Waals surface area contributed by atoms with Crippen molar-refractivity contribution in [3.05, 3.63) is 48.5 Å². The number of para-hydroxylation sites is 1. The second kappa shape index (κ2) is 2.94. The van der Waals surface area contributed by atoms with E-state index in [1.165, 1.54) is 5.39 Å². The normalized spacial score (nSPS) is 10.4. The van der Waals surface area contributed by atoms with Crippen LogP contribution in [0.3, 0.4) is 0 Å². The SMILES string of the molecule is C[C]c1ccc2ccccc2n1. The number of nitrogens with zero attached hydrogens (tertiary/aromatic N) is 1. The van der Waals surface area contributed by atoms with Crippen molar-refractivity contribution in [2.24, 2.45) is 0 Å². The van der Waals surface area contributed by atoms with Gasteiger partial charge < -0.3 is 0 Å². The zero-order chi connectivity index (χ0) is 8.39. The highest BCUT2D eigenvalue weighted by atomic mass is 14.7. The summed E-state index contributed by atoms with van der Waals surface area (Å²) in [5.74, 6) is 0. The van der Waals surface area contributed by atoms with Crippen LogP contribution in [0.15, 0.2) is 36.4 Å². The van der Waals surface area contributed by atoms with Crippen LogP contribution in [-0.4, -0.2) is 4.98 Å². The standard InChI is InChI=1S/C11H9N/c1-2-10-8-7-9-5-3-4-6-11(9)12-10/h3-8H,1H3. The average Bonchev–Trinajstić information content (AvgIpc) is 2.17. The third-order valence-electron chi connectivity index (χ3n) is 1.85. The van der Waals surface area contributed by atoms with E-state index in [1.54, 1.807) is 0 Å². The second-order valence-corrected chi connectivity index (χ2v) is 2.64. The molecule has 0 unspecified atom stereocenters. The van der Waals surface area contributed by atoms with Crippen LogP contribution in [0, 0.1) is 6.42 Å². The molecule has 1 heterocycles. The molecule has 2 rings (SSSR count). The van der Waals surface area contributed by atoms with Crippen molar-refractivity contribution in [1.29, 1.82) is 0 Å². The van der Waals surface area contributed by atoms with Gasteiger partial charge in [-0.1, -0.05) is 31.2 Å². The second-order valence-electron chi connectivity index (χ2n) is 2.64. The minimum atomic E-state index is 0.911. The molecule has 0 fully saturated rings. The molecule has 0 amide bonds. The monoisotopic (exact) mass is 155 g/mol. The lowest BCUT2D eigenvalue weighted by Crippen LogP contribution is -1.84. The maximum atomic E-state index is 4.38. The van der Waals surface area contributed by atoms with Crippen LogP contribution in [0.2, 0.25) is 0 Å². The summed E-state index contributed by atoms with van der Waals surface area (Å²) < 4.78 is 0. The number of fused-ring (bicyclic) bond motifs is 1. The Morgan fingerprint density at radius 2 is 1.92 bits per heavy atom. The van der Waals surface area contributed by atoms with E-state index in [0.717, 1.165) is 11.2 Å². The first-order chi connectivity index (χ1) is 5.90.